The predicted octanol–water partition coefficient (Wildman–Crippen LogP) is 5.08. The molecule has 0 radical (unpaired) electrons. The molecule has 0 fully saturated rings. The minimum absolute atomic E-state index is 0.116. The van der Waals surface area contributed by atoms with E-state index in [2.05, 4.69) is 70.9 Å². The number of halogens is 1. The maximum absolute atomic E-state index is 11.7. The largest absolute Gasteiger partial charge is 0.465 e. The van der Waals surface area contributed by atoms with E-state index in [1.165, 1.54) is 12.7 Å². The lowest BCUT2D eigenvalue weighted by Gasteiger charge is -2.18. The lowest BCUT2D eigenvalue weighted by atomic mass is 9.87. The van der Waals surface area contributed by atoms with Crippen LogP contribution in [-0.2, 0) is 10.2 Å². The third kappa shape index (κ3) is 3.08. The van der Waals surface area contributed by atoms with Crippen molar-refractivity contribution in [3.63, 3.8) is 0 Å². The number of benzene rings is 2. The highest BCUT2D eigenvalue weighted by Gasteiger charge is 2.15. The van der Waals surface area contributed by atoms with Crippen molar-refractivity contribution in [3.05, 3.63) is 52.0 Å². The Labute approximate surface area is 149 Å². The molecule has 24 heavy (non-hydrogen) atoms. The Bertz CT molecular complexity index is 906. The number of hydrogen-bond acceptors (Lipinski definition) is 3. The van der Waals surface area contributed by atoms with E-state index in [1.54, 1.807) is 12.1 Å². The number of methoxy groups -OCH3 is 1. The first-order valence-corrected chi connectivity index (χ1v) is 8.47. The zero-order chi connectivity index (χ0) is 17.5. The molecular weight excluding hydrogens is 368 g/mol. The molecule has 0 spiro atoms. The molecule has 3 rings (SSSR count). The molecule has 0 atom stereocenters. The highest BCUT2D eigenvalue weighted by molar-refractivity contribution is 9.10. The van der Waals surface area contributed by atoms with Crippen LogP contribution < -0.4 is 0 Å². The number of esters is 1. The highest BCUT2D eigenvalue weighted by Crippen LogP contribution is 2.29. The Balaban J connectivity index is 2.05. The van der Waals surface area contributed by atoms with Gasteiger partial charge in [-0.05, 0) is 39.0 Å². The molecular formula is C19H19BrN2O2. The number of nitrogens with zero attached hydrogens (tertiary/aromatic N) is 1. The van der Waals surface area contributed by atoms with Crippen LogP contribution in [-0.4, -0.2) is 23.0 Å². The summed E-state index contributed by atoms with van der Waals surface area (Å²) in [7, 11) is 1.37. The van der Waals surface area contributed by atoms with Gasteiger partial charge in [-0.2, -0.15) is 0 Å². The summed E-state index contributed by atoms with van der Waals surface area (Å²) in [5.74, 6) is 0.399. The van der Waals surface area contributed by atoms with Gasteiger partial charge in [-0.15, -0.1) is 0 Å². The first-order chi connectivity index (χ1) is 11.3. The molecule has 3 aromatic rings. The van der Waals surface area contributed by atoms with Crippen LogP contribution >= 0.6 is 15.9 Å². The summed E-state index contributed by atoms with van der Waals surface area (Å²) in [6, 6.07) is 11.9. The second-order valence-electron chi connectivity index (χ2n) is 6.76. The topological polar surface area (TPSA) is 55.0 Å². The van der Waals surface area contributed by atoms with Gasteiger partial charge >= 0.3 is 5.97 Å². The molecule has 0 unspecified atom stereocenters. The number of hydrogen-bond donors (Lipinski definition) is 1. The number of fused-ring (bicyclic) bond motifs is 1. The Hall–Kier alpha value is -2.14. The molecule has 4 nitrogen and oxygen atoms in total. The molecule has 0 amide bonds. The Morgan fingerprint density at radius 3 is 2.42 bits per heavy atom. The van der Waals surface area contributed by atoms with Crippen LogP contribution in [0, 0.1) is 0 Å². The Kier molecular flexibility index (Phi) is 4.22. The molecule has 0 saturated carbocycles. The molecule has 0 aliphatic rings. The van der Waals surface area contributed by atoms with Gasteiger partial charge in [0, 0.05) is 10.0 Å². The number of ether oxygens (including phenoxy) is 1. The number of rotatable bonds is 2. The van der Waals surface area contributed by atoms with Crippen molar-refractivity contribution in [1.82, 2.24) is 9.97 Å². The van der Waals surface area contributed by atoms with Gasteiger partial charge in [0.25, 0.3) is 0 Å². The molecule has 0 saturated heterocycles. The molecule has 1 N–H and O–H groups in total. The van der Waals surface area contributed by atoms with Crippen LogP contribution in [0.2, 0.25) is 0 Å². The molecule has 0 aliphatic carbocycles. The quantitative estimate of drug-likeness (QED) is 0.624. The fourth-order valence-corrected chi connectivity index (χ4v) is 3.12. The number of nitrogens with one attached hydrogen (secondary N) is 1. The van der Waals surface area contributed by atoms with Gasteiger partial charge in [-0.3, -0.25) is 0 Å². The van der Waals surface area contributed by atoms with Crippen molar-refractivity contribution in [2.45, 2.75) is 26.2 Å². The molecule has 5 heteroatoms. The minimum atomic E-state index is -0.372. The lowest BCUT2D eigenvalue weighted by molar-refractivity contribution is 0.0601. The van der Waals surface area contributed by atoms with E-state index in [0.717, 1.165) is 26.9 Å². The second kappa shape index (κ2) is 6.06. The number of aromatic amines is 1. The molecule has 1 aromatic heterocycles. The van der Waals surface area contributed by atoms with Crippen molar-refractivity contribution in [2.75, 3.05) is 7.11 Å². The van der Waals surface area contributed by atoms with Crippen LogP contribution in [0.5, 0.6) is 0 Å². The smallest absolute Gasteiger partial charge is 0.337 e. The summed E-state index contributed by atoms with van der Waals surface area (Å²) in [5, 5.41) is 0. The average Bonchev–Trinajstić information content (AvgIpc) is 2.98. The van der Waals surface area contributed by atoms with Crippen molar-refractivity contribution >= 4 is 32.9 Å². The second-order valence-corrected chi connectivity index (χ2v) is 7.61. The van der Waals surface area contributed by atoms with Gasteiger partial charge in [0.2, 0.25) is 0 Å². The monoisotopic (exact) mass is 386 g/mol. The summed E-state index contributed by atoms with van der Waals surface area (Å²) in [6.45, 7) is 6.57. The summed E-state index contributed by atoms with van der Waals surface area (Å²) in [5.41, 5.74) is 4.46. The summed E-state index contributed by atoms with van der Waals surface area (Å²) >= 11 is 3.48. The predicted molar refractivity (Wildman–Crippen MR) is 99.3 cm³/mol. The number of aromatic nitrogens is 2. The van der Waals surface area contributed by atoms with E-state index in [1.807, 2.05) is 0 Å². The van der Waals surface area contributed by atoms with E-state index >= 15 is 0 Å². The first kappa shape index (κ1) is 16.7. The molecule has 2 aromatic carbocycles. The average molecular weight is 387 g/mol. The van der Waals surface area contributed by atoms with Crippen LogP contribution in [0.25, 0.3) is 22.4 Å². The molecule has 0 bridgehead atoms. The van der Waals surface area contributed by atoms with E-state index in [-0.39, 0.29) is 11.4 Å². The maximum atomic E-state index is 11.7. The van der Waals surface area contributed by atoms with Crippen molar-refractivity contribution in [1.29, 1.82) is 0 Å². The maximum Gasteiger partial charge on any atom is 0.337 e. The number of H-pyrrole nitrogens is 1. The van der Waals surface area contributed by atoms with Gasteiger partial charge in [0.1, 0.15) is 11.3 Å². The Morgan fingerprint density at radius 1 is 1.17 bits per heavy atom. The van der Waals surface area contributed by atoms with Crippen LogP contribution in [0.15, 0.2) is 40.9 Å². The van der Waals surface area contributed by atoms with Gasteiger partial charge in [-0.1, -0.05) is 45.0 Å². The van der Waals surface area contributed by atoms with Crippen LogP contribution in [0.1, 0.15) is 36.7 Å². The van der Waals surface area contributed by atoms with E-state index < -0.39 is 0 Å². The van der Waals surface area contributed by atoms with Crippen molar-refractivity contribution in [3.8, 4) is 11.4 Å². The highest BCUT2D eigenvalue weighted by atomic mass is 79.9. The number of carbonyl (C=O) groups is 1. The minimum Gasteiger partial charge on any atom is -0.465 e. The molecule has 124 valence electrons. The van der Waals surface area contributed by atoms with E-state index in [4.69, 9.17) is 4.74 Å². The number of imidazole rings is 1. The standard InChI is InChI=1S/C19H19BrN2O2/c1-19(2,3)13-7-5-11(6-8-13)17-21-15-10-12(18(23)24-4)9-14(20)16(15)22-17/h5-10H,1-4H3,(H,21,22). The van der Waals surface area contributed by atoms with Gasteiger partial charge in [-0.25, -0.2) is 9.78 Å². The normalized spacial score (nSPS) is 11.7. The zero-order valence-corrected chi connectivity index (χ0v) is 15.7. The molecule has 1 heterocycles. The summed E-state index contributed by atoms with van der Waals surface area (Å²) < 4.78 is 5.54. The first-order valence-electron chi connectivity index (χ1n) is 7.68. The summed E-state index contributed by atoms with van der Waals surface area (Å²) in [6.07, 6.45) is 0. The molecule has 0 aliphatic heterocycles. The van der Waals surface area contributed by atoms with Gasteiger partial charge < -0.3 is 9.72 Å². The van der Waals surface area contributed by atoms with Gasteiger partial charge in [0.15, 0.2) is 0 Å². The third-order valence-corrected chi connectivity index (χ3v) is 4.59. The fraction of sp³-hybridized carbons (Fsp3) is 0.263. The van der Waals surface area contributed by atoms with Crippen molar-refractivity contribution in [2.24, 2.45) is 0 Å². The SMILES string of the molecule is COC(=O)c1cc(Br)c2nc(-c3ccc(C(C)(C)C)cc3)[nH]c2c1. The van der Waals surface area contributed by atoms with E-state index in [0.29, 0.717) is 5.56 Å². The lowest BCUT2D eigenvalue weighted by Crippen LogP contribution is -2.10. The summed E-state index contributed by atoms with van der Waals surface area (Å²) in [4.78, 5) is 19.7. The third-order valence-electron chi connectivity index (χ3n) is 3.99. The van der Waals surface area contributed by atoms with E-state index in [9.17, 15) is 4.79 Å². The Morgan fingerprint density at radius 2 is 1.83 bits per heavy atom. The number of carbonyl (C=O) groups excluding carboxylic acids is 1. The van der Waals surface area contributed by atoms with Crippen LogP contribution in [0.4, 0.5) is 0 Å². The fourth-order valence-electron chi connectivity index (χ4n) is 2.58. The van der Waals surface area contributed by atoms with Crippen LogP contribution in [0.3, 0.4) is 0 Å². The van der Waals surface area contributed by atoms with Gasteiger partial charge in [0.05, 0.1) is 18.2 Å². The van der Waals surface area contributed by atoms with Crippen molar-refractivity contribution < 1.29 is 9.53 Å². The zero-order valence-electron chi connectivity index (χ0n) is 14.1.